The summed E-state index contributed by atoms with van der Waals surface area (Å²) in [7, 11) is 0. The van der Waals surface area contributed by atoms with Gasteiger partial charge in [-0.15, -0.1) is 44.2 Å². The normalized spacial score (nSPS) is 17.2. The Labute approximate surface area is 351 Å². The van der Waals surface area contributed by atoms with Crippen LogP contribution in [0.5, 0.6) is 0 Å². The Morgan fingerprint density at radius 1 is 0.717 bits per heavy atom. The molecule has 1 unspecified atom stereocenters. The summed E-state index contributed by atoms with van der Waals surface area (Å²) in [6.07, 6.45) is 16.7. The van der Waals surface area contributed by atoms with E-state index in [1.807, 2.05) is 30.3 Å². The topological polar surface area (TPSA) is 0 Å². The second kappa shape index (κ2) is 18.0. The van der Waals surface area contributed by atoms with E-state index in [0.29, 0.717) is 5.92 Å². The first-order valence-corrected chi connectivity index (χ1v) is 21.6. The number of allylic oxidation sites excluding steroid dienone is 8. The van der Waals surface area contributed by atoms with Crippen molar-refractivity contribution in [3.8, 4) is 11.1 Å². The van der Waals surface area contributed by atoms with Gasteiger partial charge in [0.25, 0.3) is 0 Å². The molecule has 5 heteroatoms. The zero-order chi connectivity index (χ0) is 36.5. The standard InChI is InChI=1S/C27H29.2C7H5Cl.C7H9.2ClH.Zr/c1-16-7-9-26(3,4)24-12-18-11-19-13-25-21(17(2)8-10-27(25,5)6)15-23(19)22(18)14-20(16)24;2*1-6-2-4-7(8)5-3-6;1-6-3-4-7(2)5-6;;;/h7-9,12-15H,10-11H2,1-6H3;2*1-5H;3,5,7H,1-2H3;2*1H;/q-1;;;-1;;;. The van der Waals surface area contributed by atoms with Gasteiger partial charge in [0.1, 0.15) is 0 Å². The molecule has 0 N–H and O–H groups in total. The fourth-order valence-electron chi connectivity index (χ4n) is 7.28. The number of halogens is 4. The molecule has 8 rings (SSSR count). The van der Waals surface area contributed by atoms with E-state index in [0.717, 1.165) is 22.9 Å². The van der Waals surface area contributed by atoms with E-state index >= 15 is 0 Å². The molecule has 0 aromatic heterocycles. The van der Waals surface area contributed by atoms with E-state index < -0.39 is 22.3 Å². The Bertz CT molecular complexity index is 2020. The van der Waals surface area contributed by atoms with Gasteiger partial charge in [-0.1, -0.05) is 75.8 Å². The van der Waals surface area contributed by atoms with Crippen molar-refractivity contribution >= 4 is 66.6 Å². The van der Waals surface area contributed by atoms with E-state index in [4.69, 9.17) is 23.2 Å². The Kier molecular flexibility index (Phi) is 14.7. The van der Waals surface area contributed by atoms with Gasteiger partial charge in [0.05, 0.1) is 0 Å². The van der Waals surface area contributed by atoms with Crippen LogP contribution in [0.1, 0.15) is 106 Å². The third-order valence-corrected chi connectivity index (χ3v) is 13.4. The predicted octanol–water partition coefficient (Wildman–Crippen LogP) is 14.1. The molecular formula is C48H50Cl4Zr-2. The van der Waals surface area contributed by atoms with Crippen molar-refractivity contribution in [2.75, 3.05) is 0 Å². The number of fused-ring (bicyclic) bond motifs is 5. The van der Waals surface area contributed by atoms with Crippen LogP contribution in [0, 0.1) is 18.4 Å². The minimum atomic E-state index is -0.623. The first-order chi connectivity index (χ1) is 24.2. The third-order valence-electron chi connectivity index (χ3n) is 10.4. The van der Waals surface area contributed by atoms with Crippen LogP contribution in [-0.4, -0.2) is 7.42 Å². The molecule has 0 spiro atoms. The first-order valence-electron chi connectivity index (χ1n) is 18.0. The zero-order valence-corrected chi connectivity index (χ0v) is 37.6. The van der Waals surface area contributed by atoms with Crippen LogP contribution in [0.4, 0.5) is 0 Å². The summed E-state index contributed by atoms with van der Waals surface area (Å²) in [5.74, 6) is 0.556. The molecule has 4 aromatic carbocycles. The van der Waals surface area contributed by atoms with Gasteiger partial charge in [0.2, 0.25) is 0 Å². The molecule has 0 bridgehead atoms. The van der Waals surface area contributed by atoms with E-state index in [1.54, 1.807) is 0 Å². The zero-order valence-electron chi connectivity index (χ0n) is 32.0. The predicted molar refractivity (Wildman–Crippen MR) is 235 cm³/mol. The van der Waals surface area contributed by atoms with E-state index in [1.165, 1.54) is 72.4 Å². The molecule has 0 aliphatic heterocycles. The quantitative estimate of drug-likeness (QED) is 0.155. The minimum absolute atomic E-state index is 0. The molecule has 0 fully saturated rings. The Morgan fingerprint density at radius 2 is 1.23 bits per heavy atom. The fraction of sp³-hybridized carbons (Fsp3) is 0.271. The first kappa shape index (κ1) is 43.2. The Hall–Kier alpha value is -2.51. The molecule has 4 aromatic rings. The van der Waals surface area contributed by atoms with Crippen molar-refractivity contribution in [2.24, 2.45) is 5.92 Å². The maximum atomic E-state index is 5.84. The number of hydrogen-bond acceptors (Lipinski definition) is 0. The van der Waals surface area contributed by atoms with Crippen molar-refractivity contribution in [3.63, 3.8) is 0 Å². The van der Waals surface area contributed by atoms with Gasteiger partial charge < -0.3 is 0 Å². The molecule has 4 aliphatic rings. The van der Waals surface area contributed by atoms with Crippen molar-refractivity contribution < 1.29 is 22.3 Å². The van der Waals surface area contributed by atoms with Crippen molar-refractivity contribution in [1.29, 1.82) is 0 Å². The molecule has 1 atom stereocenters. The van der Waals surface area contributed by atoms with Crippen LogP contribution in [0.15, 0.2) is 103 Å². The van der Waals surface area contributed by atoms with Crippen LogP contribution < -0.4 is 0 Å². The van der Waals surface area contributed by atoms with Crippen molar-refractivity contribution in [1.82, 2.24) is 0 Å². The van der Waals surface area contributed by atoms with Crippen LogP contribution in [0.2, 0.25) is 10.0 Å². The number of hydrogen-bond donors (Lipinski definition) is 0. The SMILES string of the molecule is CC1=CC(C)[C-]=C1.CC1=C[CH-]C(C)(C)c2cc3c(cc21)-c1cc2c(cc1C3)C(C)(C)CC=C2C.Cl.Cl.Clc1ccc([CH]=[Zr]=[CH]c2ccc(Cl)cc2)cc1. The summed E-state index contributed by atoms with van der Waals surface area (Å²) in [6.45, 7) is 18.2. The van der Waals surface area contributed by atoms with Gasteiger partial charge >= 0.3 is 123 Å². The second-order valence-electron chi connectivity index (χ2n) is 15.6. The molecule has 276 valence electrons. The summed E-state index contributed by atoms with van der Waals surface area (Å²) < 4.78 is 4.66. The van der Waals surface area contributed by atoms with E-state index in [-0.39, 0.29) is 35.6 Å². The Morgan fingerprint density at radius 3 is 1.70 bits per heavy atom. The summed E-state index contributed by atoms with van der Waals surface area (Å²) in [5.41, 5.74) is 18.8. The molecule has 0 radical (unpaired) electrons. The molecular weight excluding hydrogens is 810 g/mol. The molecule has 0 saturated heterocycles. The van der Waals surface area contributed by atoms with Crippen LogP contribution in [0.25, 0.3) is 22.3 Å². The Balaban J connectivity index is 0.000000207. The van der Waals surface area contributed by atoms with Gasteiger partial charge in [-0.3, -0.25) is 6.08 Å². The molecule has 4 aliphatic carbocycles. The molecule has 0 amide bonds. The van der Waals surface area contributed by atoms with Crippen molar-refractivity contribution in [3.05, 3.63) is 170 Å². The van der Waals surface area contributed by atoms with Crippen LogP contribution in [0.3, 0.4) is 0 Å². The van der Waals surface area contributed by atoms with Gasteiger partial charge in [0.15, 0.2) is 0 Å². The van der Waals surface area contributed by atoms with Gasteiger partial charge in [-0.25, -0.2) is 24.1 Å². The monoisotopic (exact) mass is 856 g/mol. The summed E-state index contributed by atoms with van der Waals surface area (Å²) >= 11 is 11.0. The van der Waals surface area contributed by atoms with Crippen LogP contribution >= 0.6 is 48.0 Å². The van der Waals surface area contributed by atoms with Gasteiger partial charge in [-0.05, 0) is 70.2 Å². The van der Waals surface area contributed by atoms with Gasteiger partial charge in [0, 0.05) is 0 Å². The number of benzene rings is 4. The average Bonchev–Trinajstić information content (AvgIpc) is 3.66. The summed E-state index contributed by atoms with van der Waals surface area (Å²) in [6, 6.07) is 25.9. The third kappa shape index (κ3) is 10.2. The van der Waals surface area contributed by atoms with Crippen molar-refractivity contribution in [2.45, 2.75) is 79.1 Å². The summed E-state index contributed by atoms with van der Waals surface area (Å²) in [5, 5.41) is 1.57. The maximum absolute atomic E-state index is 5.84. The fourth-order valence-corrected chi connectivity index (χ4v) is 9.63. The van der Waals surface area contributed by atoms with Crippen LogP contribution in [-0.2, 0) is 39.5 Å². The molecule has 0 nitrogen and oxygen atoms in total. The van der Waals surface area contributed by atoms with E-state index in [9.17, 15) is 0 Å². The second-order valence-corrected chi connectivity index (χ2v) is 18.7. The number of rotatable bonds is 2. The van der Waals surface area contributed by atoms with Gasteiger partial charge in [-0.2, -0.15) is 11.6 Å². The molecule has 0 saturated carbocycles. The molecule has 0 heterocycles. The average molecular weight is 860 g/mol. The molecule has 53 heavy (non-hydrogen) atoms. The summed E-state index contributed by atoms with van der Waals surface area (Å²) in [4.78, 5) is 0. The van der Waals surface area contributed by atoms with E-state index in [2.05, 4.69) is 142 Å².